The van der Waals surface area contributed by atoms with Crippen LogP contribution in [0.2, 0.25) is 5.02 Å². The van der Waals surface area contributed by atoms with E-state index < -0.39 is 0 Å². The number of ether oxygens (including phenoxy) is 1. The van der Waals surface area contributed by atoms with E-state index in [-0.39, 0.29) is 5.97 Å². The van der Waals surface area contributed by atoms with Crippen LogP contribution in [0.3, 0.4) is 0 Å². The van der Waals surface area contributed by atoms with Gasteiger partial charge in [0.05, 0.1) is 0 Å². The van der Waals surface area contributed by atoms with Crippen LogP contribution in [-0.2, 0) is 9.53 Å². The second-order valence-corrected chi connectivity index (χ2v) is 3.16. The molecule has 0 bridgehead atoms. The third kappa shape index (κ3) is 1.58. The predicted molar refractivity (Wildman–Crippen MR) is 50.4 cm³/mol. The van der Waals surface area contributed by atoms with Gasteiger partial charge in [0.15, 0.2) is 0 Å². The summed E-state index contributed by atoms with van der Waals surface area (Å²) in [4.78, 5) is 10.8. The Morgan fingerprint density at radius 1 is 1.31 bits per heavy atom. The Hall–Kier alpha value is -1.28. The maximum atomic E-state index is 10.8. The maximum Gasteiger partial charge on any atom is 0.331 e. The van der Waals surface area contributed by atoms with E-state index in [0.29, 0.717) is 11.6 Å². The third-order valence-electron chi connectivity index (χ3n) is 1.88. The number of benzene rings is 1. The molecule has 1 aliphatic rings. The molecule has 0 amide bonds. The Bertz CT molecular complexity index is 382. The lowest BCUT2D eigenvalue weighted by Gasteiger charge is -2.02. The number of carbonyl (C=O) groups excluding carboxylic acids is 1. The normalized spacial score (nSPS) is 15.5. The zero-order chi connectivity index (χ0) is 9.26. The minimum absolute atomic E-state index is 0.296. The van der Waals surface area contributed by atoms with Crippen molar-refractivity contribution in [1.82, 2.24) is 0 Å². The predicted octanol–water partition coefficient (Wildman–Crippen LogP) is 2.28. The molecule has 0 spiro atoms. The Morgan fingerprint density at radius 2 is 2.08 bits per heavy atom. The number of rotatable bonds is 1. The summed E-state index contributed by atoms with van der Waals surface area (Å²) in [6.45, 7) is 0.322. The fourth-order valence-electron chi connectivity index (χ4n) is 1.25. The van der Waals surface area contributed by atoms with E-state index in [4.69, 9.17) is 16.3 Å². The van der Waals surface area contributed by atoms with Crippen molar-refractivity contribution in [3.63, 3.8) is 0 Å². The van der Waals surface area contributed by atoms with E-state index >= 15 is 0 Å². The number of hydrogen-bond acceptors (Lipinski definition) is 2. The topological polar surface area (TPSA) is 26.3 Å². The zero-order valence-electron chi connectivity index (χ0n) is 6.79. The summed E-state index contributed by atoms with van der Waals surface area (Å²) in [6, 6.07) is 7.39. The van der Waals surface area contributed by atoms with Crippen LogP contribution in [0.25, 0.3) is 5.57 Å². The van der Waals surface area contributed by atoms with Crippen molar-refractivity contribution in [3.8, 4) is 0 Å². The van der Waals surface area contributed by atoms with Crippen LogP contribution in [0, 0.1) is 0 Å². The summed E-state index contributed by atoms with van der Waals surface area (Å²) < 4.78 is 4.78. The number of cyclic esters (lactones) is 1. The lowest BCUT2D eigenvalue weighted by atomic mass is 10.1. The first-order chi connectivity index (χ1) is 6.27. The molecule has 2 nitrogen and oxygen atoms in total. The average Bonchev–Trinajstić information content (AvgIpc) is 2.53. The lowest BCUT2D eigenvalue weighted by Crippen LogP contribution is -1.91. The molecule has 13 heavy (non-hydrogen) atoms. The third-order valence-corrected chi connectivity index (χ3v) is 2.21. The first-order valence-electron chi connectivity index (χ1n) is 3.89. The molecule has 0 saturated carbocycles. The van der Waals surface area contributed by atoms with Gasteiger partial charge in [-0.3, -0.25) is 0 Å². The van der Waals surface area contributed by atoms with E-state index in [1.54, 1.807) is 6.07 Å². The summed E-state index contributed by atoms with van der Waals surface area (Å²) in [5.41, 5.74) is 1.71. The molecule has 3 heteroatoms. The zero-order valence-corrected chi connectivity index (χ0v) is 7.54. The molecule has 0 N–H and O–H groups in total. The summed E-state index contributed by atoms with van der Waals surface area (Å²) in [6.07, 6.45) is 1.47. The Balaban J connectivity index is 2.41. The molecule has 0 fully saturated rings. The minimum Gasteiger partial charge on any atom is -0.458 e. The van der Waals surface area contributed by atoms with Gasteiger partial charge in [0.2, 0.25) is 0 Å². The van der Waals surface area contributed by atoms with Gasteiger partial charge in [0, 0.05) is 16.7 Å². The van der Waals surface area contributed by atoms with Crippen molar-refractivity contribution in [3.05, 3.63) is 40.9 Å². The van der Waals surface area contributed by atoms with Crippen molar-refractivity contribution in [2.75, 3.05) is 6.61 Å². The molecule has 0 aromatic heterocycles. The maximum absolute atomic E-state index is 10.8. The Morgan fingerprint density at radius 3 is 2.69 bits per heavy atom. The number of esters is 1. The SMILES string of the molecule is O=C1C=C(c2ccccc2Cl)CO1. The molecule has 0 unspecified atom stereocenters. The number of halogens is 1. The second kappa shape index (κ2) is 3.23. The Kier molecular flexibility index (Phi) is 2.07. The van der Waals surface area contributed by atoms with Crippen molar-refractivity contribution in [2.45, 2.75) is 0 Å². The monoisotopic (exact) mass is 194 g/mol. The van der Waals surface area contributed by atoms with Crippen LogP contribution in [-0.4, -0.2) is 12.6 Å². The summed E-state index contributed by atoms with van der Waals surface area (Å²) in [7, 11) is 0. The fraction of sp³-hybridized carbons (Fsp3) is 0.100. The van der Waals surface area contributed by atoms with Crippen LogP contribution in [0.15, 0.2) is 30.3 Å². The van der Waals surface area contributed by atoms with Gasteiger partial charge < -0.3 is 4.74 Å². The molecule has 1 aromatic carbocycles. The molecule has 0 atom stereocenters. The minimum atomic E-state index is -0.296. The van der Waals surface area contributed by atoms with Crippen molar-refractivity contribution >= 4 is 23.1 Å². The van der Waals surface area contributed by atoms with E-state index in [1.165, 1.54) is 6.08 Å². The van der Waals surface area contributed by atoms with E-state index in [1.807, 2.05) is 18.2 Å². The van der Waals surface area contributed by atoms with E-state index in [0.717, 1.165) is 11.1 Å². The number of hydrogen-bond donors (Lipinski definition) is 0. The quantitative estimate of drug-likeness (QED) is 0.642. The van der Waals surface area contributed by atoms with Crippen LogP contribution in [0.1, 0.15) is 5.56 Å². The molecular formula is C10H7ClO2. The highest BCUT2D eigenvalue weighted by Gasteiger charge is 2.15. The van der Waals surface area contributed by atoms with Gasteiger partial charge >= 0.3 is 5.97 Å². The molecule has 0 radical (unpaired) electrons. The standard InChI is InChI=1S/C10H7ClO2/c11-9-4-2-1-3-8(9)7-5-10(12)13-6-7/h1-5H,6H2. The summed E-state index contributed by atoms with van der Waals surface area (Å²) in [5, 5.41) is 0.645. The highest BCUT2D eigenvalue weighted by Crippen LogP contribution is 2.26. The van der Waals surface area contributed by atoms with Gasteiger partial charge in [0.25, 0.3) is 0 Å². The van der Waals surface area contributed by atoms with Gasteiger partial charge in [-0.2, -0.15) is 0 Å². The smallest absolute Gasteiger partial charge is 0.331 e. The van der Waals surface area contributed by atoms with E-state index in [2.05, 4.69) is 0 Å². The highest BCUT2D eigenvalue weighted by atomic mass is 35.5. The Labute approximate surface area is 80.8 Å². The molecular weight excluding hydrogens is 188 g/mol. The van der Waals surface area contributed by atoms with E-state index in [9.17, 15) is 4.79 Å². The van der Waals surface area contributed by atoms with Crippen LogP contribution in [0.4, 0.5) is 0 Å². The molecule has 66 valence electrons. The van der Waals surface area contributed by atoms with Gasteiger partial charge in [-0.05, 0) is 11.6 Å². The fourth-order valence-corrected chi connectivity index (χ4v) is 1.51. The molecule has 0 aliphatic carbocycles. The molecule has 1 heterocycles. The molecule has 1 aliphatic heterocycles. The van der Waals surface area contributed by atoms with Gasteiger partial charge in [0.1, 0.15) is 6.61 Å². The molecule has 2 rings (SSSR count). The lowest BCUT2D eigenvalue weighted by molar-refractivity contribution is -0.134. The number of carbonyl (C=O) groups is 1. The average molecular weight is 195 g/mol. The molecule has 1 aromatic rings. The van der Waals surface area contributed by atoms with Crippen LogP contribution < -0.4 is 0 Å². The van der Waals surface area contributed by atoms with Gasteiger partial charge in [-0.25, -0.2) is 4.79 Å². The highest BCUT2D eigenvalue weighted by molar-refractivity contribution is 6.32. The van der Waals surface area contributed by atoms with Gasteiger partial charge in [-0.1, -0.05) is 29.8 Å². The summed E-state index contributed by atoms with van der Waals surface area (Å²) >= 11 is 5.94. The first-order valence-corrected chi connectivity index (χ1v) is 4.27. The largest absolute Gasteiger partial charge is 0.458 e. The second-order valence-electron chi connectivity index (χ2n) is 2.76. The van der Waals surface area contributed by atoms with Gasteiger partial charge in [-0.15, -0.1) is 0 Å². The van der Waals surface area contributed by atoms with Crippen molar-refractivity contribution in [1.29, 1.82) is 0 Å². The van der Waals surface area contributed by atoms with Crippen LogP contribution in [0.5, 0.6) is 0 Å². The van der Waals surface area contributed by atoms with Crippen LogP contribution >= 0.6 is 11.6 Å². The first kappa shape index (κ1) is 8.32. The van der Waals surface area contributed by atoms with Crippen molar-refractivity contribution in [2.24, 2.45) is 0 Å². The van der Waals surface area contributed by atoms with Crippen molar-refractivity contribution < 1.29 is 9.53 Å². The molecule has 0 saturated heterocycles. The summed E-state index contributed by atoms with van der Waals surface area (Å²) in [5.74, 6) is -0.296.